The molecule has 0 saturated carbocycles. The Morgan fingerprint density at radius 1 is 1.02 bits per heavy atom. The third-order valence-corrected chi connectivity index (χ3v) is 6.59. The van der Waals surface area contributed by atoms with Crippen LogP contribution in [0.15, 0.2) is 78.4 Å². The van der Waals surface area contributed by atoms with Crippen molar-refractivity contribution in [2.45, 2.75) is 20.3 Å². The van der Waals surface area contributed by atoms with Gasteiger partial charge in [0.2, 0.25) is 5.88 Å². The number of aromatic nitrogens is 3. The number of H-pyrrole nitrogens is 1. The monoisotopic (exact) mass is 553 g/mol. The zero-order valence-corrected chi connectivity index (χ0v) is 22.5. The van der Waals surface area contributed by atoms with Gasteiger partial charge in [-0.05, 0) is 60.9 Å². The highest BCUT2D eigenvalue weighted by atomic mass is 19.1. The van der Waals surface area contributed by atoms with Crippen LogP contribution in [0, 0.1) is 18.6 Å². The van der Waals surface area contributed by atoms with Gasteiger partial charge in [0.1, 0.15) is 11.3 Å². The molecule has 0 saturated heterocycles. The van der Waals surface area contributed by atoms with E-state index in [-0.39, 0.29) is 29.0 Å². The van der Waals surface area contributed by atoms with Gasteiger partial charge in [-0.15, -0.1) is 0 Å². The largest absolute Gasteiger partial charge is 0.481 e. The van der Waals surface area contributed by atoms with E-state index >= 15 is 4.39 Å². The molecular weight excluding hydrogens is 528 g/mol. The normalized spacial score (nSPS) is 11.0. The fourth-order valence-corrected chi connectivity index (χ4v) is 4.50. The zero-order valence-electron chi connectivity index (χ0n) is 22.5. The molecule has 206 valence electrons. The van der Waals surface area contributed by atoms with Gasteiger partial charge >= 0.3 is 0 Å². The van der Waals surface area contributed by atoms with Gasteiger partial charge < -0.3 is 14.5 Å². The second-order valence-electron chi connectivity index (χ2n) is 9.51. The number of aromatic amines is 1. The minimum absolute atomic E-state index is 0.0759. The molecule has 0 radical (unpaired) electrons. The summed E-state index contributed by atoms with van der Waals surface area (Å²) in [5, 5.41) is 0. The van der Waals surface area contributed by atoms with Gasteiger partial charge in [-0.2, -0.15) is 0 Å². The van der Waals surface area contributed by atoms with Crippen LogP contribution in [0.4, 0.5) is 8.78 Å². The number of carbonyl (C=O) groups is 1. The highest BCUT2D eigenvalue weighted by Gasteiger charge is 2.19. The van der Waals surface area contributed by atoms with Crippen LogP contribution in [0.25, 0.3) is 27.7 Å². The van der Waals surface area contributed by atoms with Gasteiger partial charge in [0.25, 0.3) is 0 Å². The molecule has 41 heavy (non-hydrogen) atoms. The molecule has 0 aliphatic rings. The number of allylic oxidation sites excluding steroid dienone is 1. The van der Waals surface area contributed by atoms with E-state index in [0.29, 0.717) is 39.3 Å². The second-order valence-corrected chi connectivity index (χ2v) is 9.51. The van der Waals surface area contributed by atoms with Crippen LogP contribution in [0.3, 0.4) is 0 Å². The lowest BCUT2D eigenvalue weighted by Gasteiger charge is -2.13. The number of carbonyl (C=O) groups excluding carboxylic acids is 1. The van der Waals surface area contributed by atoms with E-state index in [0.717, 1.165) is 5.57 Å². The lowest BCUT2D eigenvalue weighted by atomic mass is 9.98. The summed E-state index contributed by atoms with van der Waals surface area (Å²) in [6, 6.07) is 12.9. The summed E-state index contributed by atoms with van der Waals surface area (Å²) in [5.41, 5.74) is 3.44. The van der Waals surface area contributed by atoms with Crippen molar-refractivity contribution in [2.24, 2.45) is 0 Å². The van der Waals surface area contributed by atoms with E-state index in [2.05, 4.69) is 21.5 Å². The lowest BCUT2D eigenvalue weighted by Crippen LogP contribution is -2.20. The van der Waals surface area contributed by atoms with Crippen molar-refractivity contribution in [3.05, 3.63) is 118 Å². The van der Waals surface area contributed by atoms with Gasteiger partial charge in [-0.3, -0.25) is 14.6 Å². The maximum atomic E-state index is 15.1. The minimum Gasteiger partial charge on any atom is -0.481 e. The second kappa shape index (κ2) is 11.1. The average Bonchev–Trinajstić information content (AvgIpc) is 2.94. The zero-order chi connectivity index (χ0) is 29.3. The molecule has 0 spiro atoms. The number of ketones is 1. The molecule has 0 fully saturated rings. The van der Waals surface area contributed by atoms with Crippen molar-refractivity contribution < 1.29 is 23.0 Å². The van der Waals surface area contributed by atoms with Gasteiger partial charge in [0.05, 0.1) is 18.2 Å². The van der Waals surface area contributed by atoms with Crippen LogP contribution < -0.4 is 14.9 Å². The molecule has 1 N–H and O–H groups in total. The van der Waals surface area contributed by atoms with Crippen LogP contribution in [-0.2, 0) is 6.42 Å². The quantitative estimate of drug-likeness (QED) is 0.212. The average molecular weight is 554 g/mol. The molecule has 5 rings (SSSR count). The SMILES string of the molecule is C=C(C)c1cc2nccc(Oc3ccc(CC(=O)c4c[nH]c(C)c(-c5ccc(F)cc5)c4=O)cc3F)c2nc1OC. The Hall–Kier alpha value is -5.18. The first kappa shape index (κ1) is 27.4. The molecule has 9 heteroatoms. The molecule has 2 aromatic carbocycles. The Labute approximate surface area is 234 Å². The van der Waals surface area contributed by atoms with Crippen LogP contribution in [0.5, 0.6) is 17.4 Å². The number of nitrogens with zero attached hydrogens (tertiary/aromatic N) is 2. The predicted molar refractivity (Wildman–Crippen MR) is 153 cm³/mol. The number of aryl methyl sites for hydroxylation is 1. The van der Waals surface area contributed by atoms with Crippen molar-refractivity contribution in [1.82, 2.24) is 15.0 Å². The van der Waals surface area contributed by atoms with Crippen LogP contribution in [0.2, 0.25) is 0 Å². The molecular formula is C32H25F2N3O4. The third kappa shape index (κ3) is 5.47. The number of hydrogen-bond acceptors (Lipinski definition) is 6. The molecule has 0 aliphatic heterocycles. The number of fused-ring (bicyclic) bond motifs is 1. The number of halogens is 2. The van der Waals surface area contributed by atoms with E-state index in [1.807, 2.05) is 6.92 Å². The summed E-state index contributed by atoms with van der Waals surface area (Å²) in [4.78, 5) is 38.0. The Bertz CT molecular complexity index is 1880. The Kier molecular flexibility index (Phi) is 7.43. The number of ether oxygens (including phenoxy) is 2. The van der Waals surface area contributed by atoms with Crippen molar-refractivity contribution in [2.75, 3.05) is 7.11 Å². The van der Waals surface area contributed by atoms with Crippen LogP contribution in [-0.4, -0.2) is 27.8 Å². The third-order valence-electron chi connectivity index (χ3n) is 6.59. The topological polar surface area (TPSA) is 94.2 Å². The van der Waals surface area contributed by atoms with E-state index in [1.165, 1.54) is 55.9 Å². The Balaban J connectivity index is 1.40. The van der Waals surface area contributed by atoms with Crippen LogP contribution in [0.1, 0.15) is 34.1 Å². The summed E-state index contributed by atoms with van der Waals surface area (Å²) in [6.45, 7) is 7.46. The van der Waals surface area contributed by atoms with Crippen molar-refractivity contribution in [1.29, 1.82) is 0 Å². The number of methoxy groups -OCH3 is 1. The van der Waals surface area contributed by atoms with Gasteiger partial charge in [0, 0.05) is 41.7 Å². The van der Waals surface area contributed by atoms with Gasteiger partial charge in [0.15, 0.2) is 28.5 Å². The molecule has 0 bridgehead atoms. The van der Waals surface area contributed by atoms with E-state index in [4.69, 9.17) is 9.47 Å². The number of pyridine rings is 3. The molecule has 0 unspecified atom stereocenters. The maximum absolute atomic E-state index is 15.1. The summed E-state index contributed by atoms with van der Waals surface area (Å²) in [7, 11) is 1.49. The standard InChI is InChI=1S/C32H25F2N3O4/c1-17(2)22-15-25-30(37-32(22)40-4)28(11-12-35-25)41-27-10-5-19(13-24(27)34)14-26(38)23-16-36-18(3)29(31(23)39)20-6-8-21(33)9-7-20/h5-13,15-16H,1,14H2,2-4H3,(H,36,39). The Morgan fingerprint density at radius 2 is 1.78 bits per heavy atom. The fraction of sp³-hybridized carbons (Fsp3) is 0.125. The van der Waals surface area contributed by atoms with Crippen molar-refractivity contribution in [3.63, 3.8) is 0 Å². The number of rotatable bonds is 8. The first-order valence-corrected chi connectivity index (χ1v) is 12.6. The molecule has 0 amide bonds. The Morgan fingerprint density at radius 3 is 2.46 bits per heavy atom. The number of nitrogens with one attached hydrogen (secondary N) is 1. The highest BCUT2D eigenvalue weighted by molar-refractivity contribution is 5.98. The predicted octanol–water partition coefficient (Wildman–Crippen LogP) is 6.83. The van der Waals surface area contributed by atoms with E-state index in [1.54, 1.807) is 25.1 Å². The number of hydrogen-bond donors (Lipinski definition) is 1. The molecule has 7 nitrogen and oxygen atoms in total. The molecule has 0 aliphatic carbocycles. The highest BCUT2D eigenvalue weighted by Crippen LogP contribution is 2.34. The van der Waals surface area contributed by atoms with Crippen molar-refractivity contribution in [3.8, 4) is 28.5 Å². The fourth-order valence-electron chi connectivity index (χ4n) is 4.50. The molecule has 5 aromatic rings. The van der Waals surface area contributed by atoms with E-state index < -0.39 is 22.8 Å². The van der Waals surface area contributed by atoms with Crippen LogP contribution >= 0.6 is 0 Å². The van der Waals surface area contributed by atoms with E-state index in [9.17, 15) is 14.0 Å². The molecule has 3 aromatic heterocycles. The first-order valence-electron chi connectivity index (χ1n) is 12.6. The minimum atomic E-state index is -0.699. The maximum Gasteiger partial charge on any atom is 0.221 e. The molecule has 0 atom stereocenters. The summed E-state index contributed by atoms with van der Waals surface area (Å²) in [6.07, 6.45) is 2.65. The van der Waals surface area contributed by atoms with Gasteiger partial charge in [-0.1, -0.05) is 24.8 Å². The summed E-state index contributed by atoms with van der Waals surface area (Å²) in [5.74, 6) is -1.10. The smallest absolute Gasteiger partial charge is 0.221 e. The first-order chi connectivity index (χ1) is 19.7. The lowest BCUT2D eigenvalue weighted by molar-refractivity contribution is 0.0991. The van der Waals surface area contributed by atoms with Crippen molar-refractivity contribution >= 4 is 22.4 Å². The number of Topliss-reactive ketones (excluding diaryl/α,β-unsaturated/α-hetero) is 1. The van der Waals surface area contributed by atoms with Gasteiger partial charge in [-0.25, -0.2) is 13.8 Å². The summed E-state index contributed by atoms with van der Waals surface area (Å²) < 4.78 is 39.8. The summed E-state index contributed by atoms with van der Waals surface area (Å²) >= 11 is 0. The number of benzene rings is 2. The molecule has 3 heterocycles.